The van der Waals surface area contributed by atoms with Gasteiger partial charge in [0.25, 0.3) is 0 Å². The summed E-state index contributed by atoms with van der Waals surface area (Å²) in [6, 6.07) is 5.67. The number of rotatable bonds is 1. The maximum absolute atomic E-state index is 11.9. The first kappa shape index (κ1) is 11.5. The highest BCUT2D eigenvalue weighted by molar-refractivity contribution is 5.89. The Kier molecular flexibility index (Phi) is 2.93. The number of benzene rings is 1. The zero-order valence-electron chi connectivity index (χ0n) is 10.1. The average Bonchev–Trinajstić information content (AvgIpc) is 2.96. The Morgan fingerprint density at radius 2 is 2.22 bits per heavy atom. The first-order valence-corrected chi connectivity index (χ1v) is 6.16. The number of nitrogens with one attached hydrogen (secondary N) is 1. The zero-order chi connectivity index (χ0) is 12.5. The Balaban J connectivity index is 1.67. The van der Waals surface area contributed by atoms with Crippen molar-refractivity contribution < 1.29 is 14.6 Å². The molecule has 2 heterocycles. The lowest BCUT2D eigenvalue weighted by molar-refractivity contribution is 0.134. The van der Waals surface area contributed by atoms with E-state index in [1.165, 1.54) is 5.56 Å². The van der Waals surface area contributed by atoms with Gasteiger partial charge >= 0.3 is 6.03 Å². The second-order valence-corrected chi connectivity index (χ2v) is 4.79. The molecule has 0 bridgehead atoms. The van der Waals surface area contributed by atoms with Crippen LogP contribution in [0.15, 0.2) is 18.2 Å². The predicted octanol–water partition coefficient (Wildman–Crippen LogP) is 1.32. The molecular weight excluding hydrogens is 232 g/mol. The van der Waals surface area contributed by atoms with Gasteiger partial charge in [-0.1, -0.05) is 6.07 Å². The van der Waals surface area contributed by atoms with Crippen molar-refractivity contribution in [2.75, 3.05) is 18.4 Å². The number of β-amino-alcohol motifs (C(OH)–C–C–N with tert-alkyl or cyclic N) is 1. The molecule has 0 aromatic heterocycles. The van der Waals surface area contributed by atoms with Gasteiger partial charge in [-0.2, -0.15) is 0 Å². The Bertz CT molecular complexity index is 475. The number of carbonyl (C=O) groups excluding carboxylic acids is 1. The van der Waals surface area contributed by atoms with Gasteiger partial charge in [0.15, 0.2) is 0 Å². The largest absolute Gasteiger partial charge is 0.391 e. The molecule has 18 heavy (non-hydrogen) atoms. The molecular formula is C13H16N2O3. The molecule has 3 rings (SSSR count). The molecule has 0 radical (unpaired) electrons. The summed E-state index contributed by atoms with van der Waals surface area (Å²) in [6.07, 6.45) is 0.273. The number of aliphatic hydroxyl groups is 1. The van der Waals surface area contributed by atoms with E-state index >= 15 is 0 Å². The van der Waals surface area contributed by atoms with Gasteiger partial charge < -0.3 is 20.1 Å². The van der Waals surface area contributed by atoms with Crippen LogP contribution in [-0.4, -0.2) is 35.2 Å². The van der Waals surface area contributed by atoms with Crippen LogP contribution in [0.25, 0.3) is 0 Å². The van der Waals surface area contributed by atoms with Crippen LogP contribution >= 0.6 is 0 Å². The molecule has 2 aliphatic heterocycles. The highest BCUT2D eigenvalue weighted by Gasteiger charge is 2.24. The topological polar surface area (TPSA) is 61.8 Å². The summed E-state index contributed by atoms with van der Waals surface area (Å²) < 4.78 is 5.33. The van der Waals surface area contributed by atoms with Crippen LogP contribution in [-0.2, 0) is 18.0 Å². The zero-order valence-corrected chi connectivity index (χ0v) is 10.1. The second kappa shape index (κ2) is 4.59. The Morgan fingerprint density at radius 3 is 3.00 bits per heavy atom. The number of carbonyl (C=O) groups is 1. The fraction of sp³-hybridized carbons (Fsp3) is 0.462. The molecule has 0 saturated carbocycles. The first-order chi connectivity index (χ1) is 8.72. The van der Waals surface area contributed by atoms with Crippen LogP contribution in [0.1, 0.15) is 17.5 Å². The lowest BCUT2D eigenvalue weighted by Gasteiger charge is -2.16. The van der Waals surface area contributed by atoms with Crippen molar-refractivity contribution in [1.29, 1.82) is 0 Å². The Hall–Kier alpha value is -1.59. The second-order valence-electron chi connectivity index (χ2n) is 4.79. The molecule has 1 fully saturated rings. The van der Waals surface area contributed by atoms with E-state index in [0.29, 0.717) is 32.7 Å². The molecule has 0 spiro atoms. The number of ether oxygens (including phenoxy) is 1. The smallest absolute Gasteiger partial charge is 0.321 e. The molecule has 1 aromatic carbocycles. The predicted molar refractivity (Wildman–Crippen MR) is 66.2 cm³/mol. The van der Waals surface area contributed by atoms with Gasteiger partial charge in [0.2, 0.25) is 0 Å². The molecule has 1 aromatic rings. The third-order valence-electron chi connectivity index (χ3n) is 3.42. The van der Waals surface area contributed by atoms with Crippen molar-refractivity contribution >= 4 is 11.7 Å². The first-order valence-electron chi connectivity index (χ1n) is 6.16. The van der Waals surface area contributed by atoms with Crippen molar-refractivity contribution in [1.82, 2.24) is 4.90 Å². The molecule has 0 aliphatic carbocycles. The van der Waals surface area contributed by atoms with Gasteiger partial charge in [0.1, 0.15) is 0 Å². The number of fused-ring (bicyclic) bond motifs is 1. The van der Waals surface area contributed by atoms with Crippen LogP contribution in [0.4, 0.5) is 10.5 Å². The number of hydrogen-bond donors (Lipinski definition) is 2. The minimum absolute atomic E-state index is 0.148. The van der Waals surface area contributed by atoms with E-state index in [1.807, 2.05) is 18.2 Å². The van der Waals surface area contributed by atoms with E-state index in [1.54, 1.807) is 4.90 Å². The van der Waals surface area contributed by atoms with E-state index in [-0.39, 0.29) is 12.1 Å². The molecule has 1 saturated heterocycles. The van der Waals surface area contributed by atoms with Crippen molar-refractivity contribution in [3.05, 3.63) is 29.3 Å². The van der Waals surface area contributed by atoms with Crippen molar-refractivity contribution in [2.24, 2.45) is 0 Å². The van der Waals surface area contributed by atoms with Crippen LogP contribution in [0.2, 0.25) is 0 Å². The number of likely N-dealkylation sites (tertiary alicyclic amines) is 1. The van der Waals surface area contributed by atoms with Crippen LogP contribution in [0, 0.1) is 0 Å². The Morgan fingerprint density at radius 1 is 1.39 bits per heavy atom. The molecule has 2 N–H and O–H groups in total. The van der Waals surface area contributed by atoms with Crippen molar-refractivity contribution in [3.63, 3.8) is 0 Å². The number of anilines is 1. The van der Waals surface area contributed by atoms with Crippen LogP contribution < -0.4 is 5.32 Å². The normalized spacial score (nSPS) is 22.1. The lowest BCUT2D eigenvalue weighted by Crippen LogP contribution is -2.33. The fourth-order valence-electron chi connectivity index (χ4n) is 2.38. The van der Waals surface area contributed by atoms with Gasteiger partial charge in [0, 0.05) is 18.8 Å². The van der Waals surface area contributed by atoms with Gasteiger partial charge in [-0.05, 0) is 29.7 Å². The maximum atomic E-state index is 11.9. The summed E-state index contributed by atoms with van der Waals surface area (Å²) in [5.41, 5.74) is 3.10. The summed E-state index contributed by atoms with van der Waals surface area (Å²) in [7, 11) is 0. The maximum Gasteiger partial charge on any atom is 0.321 e. The molecule has 5 nitrogen and oxygen atoms in total. The quantitative estimate of drug-likeness (QED) is 0.787. The minimum atomic E-state index is -0.385. The highest BCUT2D eigenvalue weighted by atomic mass is 16.5. The van der Waals surface area contributed by atoms with E-state index in [9.17, 15) is 9.90 Å². The summed E-state index contributed by atoms with van der Waals surface area (Å²) >= 11 is 0. The van der Waals surface area contributed by atoms with Crippen LogP contribution in [0.3, 0.4) is 0 Å². The van der Waals surface area contributed by atoms with E-state index in [0.717, 1.165) is 11.3 Å². The molecule has 96 valence electrons. The summed E-state index contributed by atoms with van der Waals surface area (Å²) in [6.45, 7) is 2.30. The number of urea groups is 1. The fourth-order valence-corrected chi connectivity index (χ4v) is 2.38. The van der Waals surface area contributed by atoms with Gasteiger partial charge in [-0.25, -0.2) is 4.79 Å². The molecule has 0 unspecified atom stereocenters. The van der Waals surface area contributed by atoms with Crippen molar-refractivity contribution in [3.8, 4) is 0 Å². The molecule has 5 heteroatoms. The summed E-state index contributed by atoms with van der Waals surface area (Å²) in [5, 5.41) is 12.3. The summed E-state index contributed by atoms with van der Waals surface area (Å²) in [4.78, 5) is 13.6. The number of aliphatic hydroxyl groups excluding tert-OH is 1. The van der Waals surface area contributed by atoms with Crippen molar-refractivity contribution in [2.45, 2.75) is 25.7 Å². The number of nitrogens with zero attached hydrogens (tertiary/aromatic N) is 1. The lowest BCUT2D eigenvalue weighted by atomic mass is 10.1. The van der Waals surface area contributed by atoms with Gasteiger partial charge in [-0.3, -0.25) is 0 Å². The van der Waals surface area contributed by atoms with E-state index in [2.05, 4.69) is 5.32 Å². The third-order valence-corrected chi connectivity index (χ3v) is 3.42. The molecule has 2 aliphatic rings. The standard InChI is InChI=1S/C13H16N2O3/c16-12-3-4-15(6-12)13(17)14-11-2-1-9-7-18-8-10(9)5-11/h1-2,5,12,16H,3-4,6-8H2,(H,14,17)/t12-/m1/s1. The van der Waals surface area contributed by atoms with Crippen LogP contribution in [0.5, 0.6) is 0 Å². The minimum Gasteiger partial charge on any atom is -0.391 e. The van der Waals surface area contributed by atoms with Gasteiger partial charge in [0.05, 0.1) is 19.3 Å². The van der Waals surface area contributed by atoms with E-state index in [4.69, 9.17) is 4.74 Å². The Labute approximate surface area is 105 Å². The van der Waals surface area contributed by atoms with Gasteiger partial charge in [-0.15, -0.1) is 0 Å². The SMILES string of the molecule is O=C(Nc1ccc2c(c1)COC2)N1CC[C@@H](O)C1. The number of amides is 2. The molecule has 1 atom stereocenters. The average molecular weight is 248 g/mol. The number of hydrogen-bond acceptors (Lipinski definition) is 3. The monoisotopic (exact) mass is 248 g/mol. The third kappa shape index (κ3) is 2.19. The summed E-state index contributed by atoms with van der Waals surface area (Å²) in [5.74, 6) is 0. The molecule has 2 amide bonds. The highest BCUT2D eigenvalue weighted by Crippen LogP contribution is 2.23. The van der Waals surface area contributed by atoms with E-state index < -0.39 is 0 Å².